The maximum absolute atomic E-state index is 12.5. The number of nitrogens with zero attached hydrogens (tertiary/aromatic N) is 2. The molecule has 3 rings (SSSR count). The first-order valence-corrected chi connectivity index (χ1v) is 9.21. The van der Waals surface area contributed by atoms with Crippen molar-refractivity contribution >= 4 is 5.91 Å². The van der Waals surface area contributed by atoms with Crippen LogP contribution >= 0.6 is 0 Å². The molecule has 0 aliphatic rings. The molecule has 0 atom stereocenters. The molecule has 0 saturated heterocycles. The highest BCUT2D eigenvalue weighted by Crippen LogP contribution is 2.16. The number of hydrogen-bond donors (Lipinski definition) is 1. The van der Waals surface area contributed by atoms with Gasteiger partial charge in [0.05, 0.1) is 29.4 Å². The molecule has 1 aromatic carbocycles. The first-order chi connectivity index (χ1) is 13.2. The summed E-state index contributed by atoms with van der Waals surface area (Å²) in [4.78, 5) is 12.5. The number of carbonyl (C=O) groups is 1. The normalized spacial score (nSPS) is 10.9. The van der Waals surface area contributed by atoms with Gasteiger partial charge in [-0.2, -0.15) is 5.10 Å². The number of benzene rings is 1. The maximum atomic E-state index is 12.5. The number of amides is 1. The zero-order chi connectivity index (χ0) is 19.1. The lowest BCUT2D eigenvalue weighted by Crippen LogP contribution is -2.26. The minimum absolute atomic E-state index is 0.101. The van der Waals surface area contributed by atoms with Gasteiger partial charge in [0, 0.05) is 13.2 Å². The van der Waals surface area contributed by atoms with Gasteiger partial charge in [0.1, 0.15) is 12.4 Å². The third kappa shape index (κ3) is 4.86. The van der Waals surface area contributed by atoms with Crippen LogP contribution in [0, 0.1) is 6.92 Å². The number of aromatic nitrogens is 2. The lowest BCUT2D eigenvalue weighted by Gasteiger charge is -2.09. The van der Waals surface area contributed by atoms with Crippen LogP contribution < -0.4 is 5.32 Å². The van der Waals surface area contributed by atoms with Crippen molar-refractivity contribution in [3.63, 3.8) is 0 Å². The monoisotopic (exact) mass is 367 g/mol. The second-order valence-corrected chi connectivity index (χ2v) is 6.35. The van der Waals surface area contributed by atoms with Gasteiger partial charge >= 0.3 is 0 Å². The summed E-state index contributed by atoms with van der Waals surface area (Å²) >= 11 is 0. The molecule has 6 heteroatoms. The van der Waals surface area contributed by atoms with E-state index < -0.39 is 0 Å². The van der Waals surface area contributed by atoms with Crippen molar-refractivity contribution in [3.8, 4) is 5.69 Å². The highest BCUT2D eigenvalue weighted by Gasteiger charge is 2.16. The number of hydrogen-bond acceptors (Lipinski definition) is 4. The summed E-state index contributed by atoms with van der Waals surface area (Å²) in [5.41, 5.74) is 3.68. The average molecular weight is 367 g/mol. The lowest BCUT2D eigenvalue weighted by molar-refractivity contribution is 0.0916. The second kappa shape index (κ2) is 9.19. The van der Waals surface area contributed by atoms with Crippen LogP contribution in [-0.2, 0) is 17.8 Å². The summed E-state index contributed by atoms with van der Waals surface area (Å²) in [6, 6.07) is 11.8. The highest BCUT2D eigenvalue weighted by molar-refractivity contribution is 5.95. The quantitative estimate of drug-likeness (QED) is 0.586. The van der Waals surface area contributed by atoms with E-state index in [1.807, 2.05) is 54.9 Å². The maximum Gasteiger partial charge on any atom is 0.254 e. The molecule has 0 spiro atoms. The Kier molecular flexibility index (Phi) is 6.44. The molecule has 27 heavy (non-hydrogen) atoms. The molecule has 0 fully saturated rings. The van der Waals surface area contributed by atoms with Gasteiger partial charge in [-0.05, 0) is 44.0 Å². The molecule has 2 heterocycles. The standard InChI is InChI=1S/C21H25N3O3/c1-3-20-19(14-23-24(20)17-9-7-16(2)8-10-17)21(25)22-11-5-12-26-15-18-6-4-13-27-18/h4,6-10,13-14H,3,5,11-12,15H2,1-2H3,(H,22,25). The molecule has 0 aliphatic heterocycles. The molecule has 3 aromatic rings. The molecule has 6 nitrogen and oxygen atoms in total. The second-order valence-electron chi connectivity index (χ2n) is 6.35. The van der Waals surface area contributed by atoms with E-state index in [4.69, 9.17) is 9.15 Å². The number of aryl methyl sites for hydroxylation is 1. The smallest absolute Gasteiger partial charge is 0.254 e. The SMILES string of the molecule is CCc1c(C(=O)NCCCOCc2ccco2)cnn1-c1ccc(C)cc1. The van der Waals surface area contributed by atoms with E-state index in [2.05, 4.69) is 10.4 Å². The third-order valence-corrected chi connectivity index (χ3v) is 4.30. The van der Waals surface area contributed by atoms with Crippen LogP contribution in [-0.4, -0.2) is 28.8 Å². The molecule has 0 unspecified atom stereocenters. The fourth-order valence-electron chi connectivity index (χ4n) is 2.85. The Labute approximate surface area is 159 Å². The largest absolute Gasteiger partial charge is 0.467 e. The molecule has 2 aromatic heterocycles. The van der Waals surface area contributed by atoms with E-state index in [1.165, 1.54) is 5.56 Å². The zero-order valence-electron chi connectivity index (χ0n) is 15.8. The molecule has 0 bridgehead atoms. The topological polar surface area (TPSA) is 69.3 Å². The Hall–Kier alpha value is -2.86. The van der Waals surface area contributed by atoms with Crippen molar-refractivity contribution in [2.45, 2.75) is 33.3 Å². The van der Waals surface area contributed by atoms with Gasteiger partial charge in [0.15, 0.2) is 0 Å². The first kappa shape index (κ1) is 18.9. The summed E-state index contributed by atoms with van der Waals surface area (Å²) in [7, 11) is 0. The Morgan fingerprint density at radius 2 is 2.07 bits per heavy atom. The summed E-state index contributed by atoms with van der Waals surface area (Å²) in [5, 5.41) is 7.36. The Bertz CT molecular complexity index is 851. The van der Waals surface area contributed by atoms with Crippen molar-refractivity contribution in [1.29, 1.82) is 0 Å². The molecular weight excluding hydrogens is 342 g/mol. The lowest BCUT2D eigenvalue weighted by atomic mass is 10.1. The van der Waals surface area contributed by atoms with Crippen LogP contribution in [0.4, 0.5) is 0 Å². The van der Waals surface area contributed by atoms with E-state index in [-0.39, 0.29) is 5.91 Å². The summed E-state index contributed by atoms with van der Waals surface area (Å²) < 4.78 is 12.6. The van der Waals surface area contributed by atoms with Gasteiger partial charge < -0.3 is 14.5 Å². The van der Waals surface area contributed by atoms with Crippen LogP contribution in [0.5, 0.6) is 0 Å². The van der Waals surface area contributed by atoms with E-state index in [1.54, 1.807) is 12.5 Å². The van der Waals surface area contributed by atoms with Crippen molar-refractivity contribution in [3.05, 3.63) is 71.4 Å². The van der Waals surface area contributed by atoms with Gasteiger partial charge in [0.25, 0.3) is 5.91 Å². The minimum Gasteiger partial charge on any atom is -0.467 e. The molecule has 0 saturated carbocycles. The van der Waals surface area contributed by atoms with Crippen molar-refractivity contribution in [2.75, 3.05) is 13.2 Å². The Morgan fingerprint density at radius 3 is 2.78 bits per heavy atom. The molecule has 0 radical (unpaired) electrons. The van der Waals surface area contributed by atoms with E-state index in [9.17, 15) is 4.79 Å². The molecular formula is C21H25N3O3. The van der Waals surface area contributed by atoms with Crippen LogP contribution in [0.3, 0.4) is 0 Å². The van der Waals surface area contributed by atoms with Gasteiger partial charge in [-0.15, -0.1) is 0 Å². The number of rotatable bonds is 9. The van der Waals surface area contributed by atoms with Crippen molar-refractivity contribution in [1.82, 2.24) is 15.1 Å². The fourth-order valence-corrected chi connectivity index (χ4v) is 2.85. The third-order valence-electron chi connectivity index (χ3n) is 4.30. The number of ether oxygens (including phenoxy) is 1. The van der Waals surface area contributed by atoms with E-state index in [0.717, 1.165) is 30.0 Å². The number of carbonyl (C=O) groups excluding carboxylic acids is 1. The van der Waals surface area contributed by atoms with E-state index in [0.29, 0.717) is 25.3 Å². The molecule has 1 N–H and O–H groups in total. The van der Waals surface area contributed by atoms with Gasteiger partial charge in [-0.1, -0.05) is 24.6 Å². The van der Waals surface area contributed by atoms with Crippen molar-refractivity contribution < 1.29 is 13.9 Å². The average Bonchev–Trinajstić information content (AvgIpc) is 3.34. The van der Waals surface area contributed by atoms with Crippen LogP contribution in [0.2, 0.25) is 0 Å². The fraction of sp³-hybridized carbons (Fsp3) is 0.333. The highest BCUT2D eigenvalue weighted by atomic mass is 16.5. The van der Waals surface area contributed by atoms with Crippen molar-refractivity contribution in [2.24, 2.45) is 0 Å². The molecule has 1 amide bonds. The predicted octanol–water partition coefficient (Wildman–Crippen LogP) is 3.67. The number of nitrogens with one attached hydrogen (secondary N) is 1. The minimum atomic E-state index is -0.101. The summed E-state index contributed by atoms with van der Waals surface area (Å²) in [6.07, 6.45) is 4.73. The molecule has 0 aliphatic carbocycles. The van der Waals surface area contributed by atoms with Gasteiger partial charge in [-0.3, -0.25) is 4.79 Å². The van der Waals surface area contributed by atoms with Crippen LogP contribution in [0.25, 0.3) is 5.69 Å². The Balaban J connectivity index is 1.51. The zero-order valence-corrected chi connectivity index (χ0v) is 15.8. The number of furan rings is 1. The summed E-state index contributed by atoms with van der Waals surface area (Å²) in [5.74, 6) is 0.700. The predicted molar refractivity (Wildman–Crippen MR) is 103 cm³/mol. The van der Waals surface area contributed by atoms with Gasteiger partial charge in [-0.25, -0.2) is 4.68 Å². The summed E-state index contributed by atoms with van der Waals surface area (Å²) in [6.45, 7) is 5.64. The Morgan fingerprint density at radius 1 is 1.26 bits per heavy atom. The van der Waals surface area contributed by atoms with Gasteiger partial charge in [0.2, 0.25) is 0 Å². The first-order valence-electron chi connectivity index (χ1n) is 9.21. The van der Waals surface area contributed by atoms with Crippen LogP contribution in [0.1, 0.15) is 40.7 Å². The van der Waals surface area contributed by atoms with E-state index >= 15 is 0 Å². The van der Waals surface area contributed by atoms with Crippen LogP contribution in [0.15, 0.2) is 53.3 Å². The molecule has 142 valence electrons.